The monoisotopic (exact) mass is 292 g/mol. The Hall–Kier alpha value is -1.43. The first-order valence-electron chi connectivity index (χ1n) is 7.60. The van der Waals surface area contributed by atoms with Crippen LogP contribution < -0.4 is 5.32 Å². The third-order valence-corrected chi connectivity index (χ3v) is 5.74. The molecule has 1 saturated carbocycles. The van der Waals surface area contributed by atoms with Crippen molar-refractivity contribution in [2.45, 2.75) is 40.2 Å². The van der Waals surface area contributed by atoms with E-state index >= 15 is 0 Å². The van der Waals surface area contributed by atoms with Crippen LogP contribution in [0.5, 0.6) is 0 Å². The average Bonchev–Trinajstić information content (AvgIpc) is 2.94. The normalized spacial score (nSPS) is 30.3. The molecule has 2 fully saturated rings. The Balaban J connectivity index is 1.57. The third-order valence-electron chi connectivity index (χ3n) is 5.74. The second-order valence-electron chi connectivity index (χ2n) is 7.33. The van der Waals surface area contributed by atoms with Crippen molar-refractivity contribution in [2.75, 3.05) is 13.2 Å². The maximum Gasteiger partial charge on any atom is 0.224 e. The van der Waals surface area contributed by atoms with Crippen molar-refractivity contribution < 1.29 is 9.53 Å². The van der Waals surface area contributed by atoms with Crippen LogP contribution >= 0.6 is 0 Å². The Bertz CT molecular complexity index is 510. The van der Waals surface area contributed by atoms with Crippen LogP contribution in [0.15, 0.2) is 6.33 Å². The lowest BCUT2D eigenvalue weighted by Gasteiger charge is -2.17. The van der Waals surface area contributed by atoms with Gasteiger partial charge < -0.3 is 10.1 Å². The molecule has 0 radical (unpaired) electrons. The summed E-state index contributed by atoms with van der Waals surface area (Å²) < 4.78 is 5.72. The Morgan fingerprint density at radius 1 is 1.43 bits per heavy atom. The number of amides is 1. The van der Waals surface area contributed by atoms with Gasteiger partial charge in [-0.05, 0) is 17.3 Å². The maximum absolute atomic E-state index is 12.4. The van der Waals surface area contributed by atoms with Crippen LogP contribution in [0.4, 0.5) is 0 Å². The van der Waals surface area contributed by atoms with E-state index in [1.807, 2.05) is 0 Å². The van der Waals surface area contributed by atoms with Gasteiger partial charge in [0.05, 0.1) is 0 Å². The molecule has 2 heterocycles. The average molecular weight is 292 g/mol. The number of carbonyl (C=O) groups is 1. The van der Waals surface area contributed by atoms with Crippen LogP contribution in [0.1, 0.15) is 46.0 Å². The molecule has 1 aromatic rings. The SMILES string of the molecule is CC1(C)C(C(=O)NC[C@@H]2CCO[C@@H]2c2ncn[nH]2)C1(C)C. The van der Waals surface area contributed by atoms with Crippen molar-refractivity contribution >= 4 is 5.91 Å². The maximum atomic E-state index is 12.4. The van der Waals surface area contributed by atoms with Crippen molar-refractivity contribution in [1.82, 2.24) is 20.5 Å². The van der Waals surface area contributed by atoms with Crippen molar-refractivity contribution in [3.8, 4) is 0 Å². The minimum Gasteiger partial charge on any atom is -0.370 e. The summed E-state index contributed by atoms with van der Waals surface area (Å²) in [5.74, 6) is 1.26. The largest absolute Gasteiger partial charge is 0.370 e. The molecule has 2 aliphatic rings. The first-order valence-corrected chi connectivity index (χ1v) is 7.60. The number of aromatic amines is 1. The Kier molecular flexibility index (Phi) is 3.31. The van der Waals surface area contributed by atoms with Crippen molar-refractivity contribution in [3.63, 3.8) is 0 Å². The number of carbonyl (C=O) groups excluding carboxylic acids is 1. The van der Waals surface area contributed by atoms with Crippen LogP contribution in [-0.2, 0) is 9.53 Å². The molecule has 1 aliphatic heterocycles. The van der Waals surface area contributed by atoms with E-state index in [2.05, 4.69) is 48.2 Å². The quantitative estimate of drug-likeness (QED) is 0.885. The molecule has 0 unspecified atom stereocenters. The molecule has 6 heteroatoms. The zero-order valence-electron chi connectivity index (χ0n) is 13.1. The number of H-pyrrole nitrogens is 1. The fraction of sp³-hybridized carbons (Fsp3) is 0.800. The molecule has 3 rings (SSSR count). The molecule has 116 valence electrons. The van der Waals surface area contributed by atoms with Crippen molar-refractivity contribution in [3.05, 3.63) is 12.2 Å². The summed E-state index contributed by atoms with van der Waals surface area (Å²) in [5, 5.41) is 9.84. The third kappa shape index (κ3) is 2.25. The Morgan fingerprint density at radius 3 is 2.71 bits per heavy atom. The minimum atomic E-state index is -0.0898. The van der Waals surface area contributed by atoms with Gasteiger partial charge in [0.1, 0.15) is 12.4 Å². The molecule has 6 nitrogen and oxygen atoms in total. The highest BCUT2D eigenvalue weighted by atomic mass is 16.5. The van der Waals surface area contributed by atoms with Crippen molar-refractivity contribution in [1.29, 1.82) is 0 Å². The van der Waals surface area contributed by atoms with Gasteiger partial charge >= 0.3 is 0 Å². The van der Waals surface area contributed by atoms with E-state index in [1.165, 1.54) is 6.33 Å². The van der Waals surface area contributed by atoms with Crippen molar-refractivity contribution in [2.24, 2.45) is 22.7 Å². The lowest BCUT2D eigenvalue weighted by molar-refractivity contribution is -0.123. The summed E-state index contributed by atoms with van der Waals surface area (Å²) in [4.78, 5) is 16.6. The highest BCUT2D eigenvalue weighted by Crippen LogP contribution is 2.68. The summed E-state index contributed by atoms with van der Waals surface area (Å²) in [6.07, 6.45) is 2.33. The van der Waals surface area contributed by atoms with Crippen LogP contribution in [0.2, 0.25) is 0 Å². The highest BCUT2D eigenvalue weighted by Gasteiger charge is 2.68. The Labute approximate surface area is 125 Å². The number of hydrogen-bond acceptors (Lipinski definition) is 4. The number of ether oxygens (including phenoxy) is 1. The van der Waals surface area contributed by atoms with Gasteiger partial charge in [0, 0.05) is 25.0 Å². The summed E-state index contributed by atoms with van der Waals surface area (Å²) in [5.41, 5.74) is 0.154. The van der Waals surface area contributed by atoms with E-state index in [4.69, 9.17) is 4.74 Å². The molecular weight excluding hydrogens is 268 g/mol. The smallest absolute Gasteiger partial charge is 0.224 e. The number of aromatic nitrogens is 3. The number of nitrogens with one attached hydrogen (secondary N) is 2. The van der Waals surface area contributed by atoms with Crippen LogP contribution in [-0.4, -0.2) is 34.2 Å². The summed E-state index contributed by atoms with van der Waals surface area (Å²) in [6, 6.07) is 0. The van der Waals surface area contributed by atoms with Crippen LogP contribution in [0, 0.1) is 22.7 Å². The van der Waals surface area contributed by atoms with E-state index in [9.17, 15) is 4.79 Å². The summed E-state index contributed by atoms with van der Waals surface area (Å²) >= 11 is 0. The molecule has 21 heavy (non-hydrogen) atoms. The predicted octanol–water partition coefficient (Wildman–Crippen LogP) is 1.68. The van der Waals surface area contributed by atoms with E-state index in [0.29, 0.717) is 13.2 Å². The van der Waals surface area contributed by atoms with Gasteiger partial charge in [-0.1, -0.05) is 27.7 Å². The lowest BCUT2D eigenvalue weighted by Crippen LogP contribution is -2.33. The summed E-state index contributed by atoms with van der Waals surface area (Å²) in [7, 11) is 0. The first kappa shape index (κ1) is 14.5. The molecule has 1 saturated heterocycles. The molecular formula is C15H24N4O2. The standard InChI is InChI=1S/C15H24N4O2/c1-14(2)11(15(14,3)4)13(20)16-7-9-5-6-21-10(9)12-17-8-18-19-12/h8-11H,5-7H2,1-4H3,(H,16,20)(H,17,18,19)/t9-,10-/m0/s1. The van der Waals surface area contributed by atoms with E-state index in [1.54, 1.807) is 0 Å². The fourth-order valence-electron chi connectivity index (χ4n) is 3.68. The molecule has 1 amide bonds. The first-order chi connectivity index (χ1) is 9.85. The molecule has 2 atom stereocenters. The molecule has 0 spiro atoms. The fourth-order valence-corrected chi connectivity index (χ4v) is 3.68. The minimum absolute atomic E-state index is 0.0770. The molecule has 1 aliphatic carbocycles. The predicted molar refractivity (Wildman–Crippen MR) is 77.2 cm³/mol. The number of rotatable bonds is 4. The van der Waals surface area contributed by atoms with Gasteiger partial charge in [-0.2, -0.15) is 5.10 Å². The Morgan fingerprint density at radius 2 is 2.14 bits per heavy atom. The van der Waals surface area contributed by atoms with Gasteiger partial charge in [0.15, 0.2) is 5.82 Å². The topological polar surface area (TPSA) is 79.9 Å². The molecule has 1 aromatic heterocycles. The molecule has 2 N–H and O–H groups in total. The van der Waals surface area contributed by atoms with E-state index < -0.39 is 0 Å². The second kappa shape index (κ2) is 4.80. The molecule has 0 aromatic carbocycles. The zero-order valence-corrected chi connectivity index (χ0v) is 13.1. The molecule has 0 bridgehead atoms. The van der Waals surface area contributed by atoms with Gasteiger partial charge in [0.25, 0.3) is 0 Å². The van der Waals surface area contributed by atoms with E-state index in [0.717, 1.165) is 12.2 Å². The summed E-state index contributed by atoms with van der Waals surface area (Å²) in [6.45, 7) is 9.97. The van der Waals surface area contributed by atoms with Gasteiger partial charge in [-0.25, -0.2) is 4.98 Å². The van der Waals surface area contributed by atoms with Gasteiger partial charge in [-0.3, -0.25) is 9.89 Å². The van der Waals surface area contributed by atoms with Crippen LogP contribution in [0.3, 0.4) is 0 Å². The van der Waals surface area contributed by atoms with Gasteiger partial charge in [0.2, 0.25) is 5.91 Å². The van der Waals surface area contributed by atoms with Gasteiger partial charge in [-0.15, -0.1) is 0 Å². The number of nitrogens with zero attached hydrogens (tertiary/aromatic N) is 2. The zero-order chi connectivity index (χ0) is 15.3. The number of hydrogen-bond donors (Lipinski definition) is 2. The van der Waals surface area contributed by atoms with E-state index in [-0.39, 0.29) is 34.7 Å². The lowest BCUT2D eigenvalue weighted by atomic mass is 10.0. The highest BCUT2D eigenvalue weighted by molar-refractivity contribution is 5.84. The second-order valence-corrected chi connectivity index (χ2v) is 7.33. The van der Waals surface area contributed by atoms with Crippen LogP contribution in [0.25, 0.3) is 0 Å².